The first-order valence-corrected chi connectivity index (χ1v) is 8.36. The van der Waals surface area contributed by atoms with Crippen molar-refractivity contribution in [1.82, 2.24) is 15.1 Å². The van der Waals surface area contributed by atoms with E-state index in [4.69, 9.17) is 25.6 Å². The highest BCUT2D eigenvalue weighted by Crippen LogP contribution is 2.15. The van der Waals surface area contributed by atoms with Crippen molar-refractivity contribution >= 4 is 17.6 Å². The van der Waals surface area contributed by atoms with Crippen LogP contribution in [0.3, 0.4) is 0 Å². The molecule has 0 bridgehead atoms. The van der Waals surface area contributed by atoms with Crippen LogP contribution in [0.4, 0.5) is 0 Å². The Morgan fingerprint density at radius 2 is 1.96 bits per heavy atom. The van der Waals surface area contributed by atoms with Crippen molar-refractivity contribution in [2.45, 2.75) is 12.8 Å². The summed E-state index contributed by atoms with van der Waals surface area (Å²) in [6.45, 7) is 0.419. The van der Waals surface area contributed by atoms with Gasteiger partial charge in [0, 0.05) is 17.6 Å². The standard InChI is InChI=1S/C18H16ClN3O4/c19-13-4-6-14(7-5-13)24-11-12-25-17(23)9-8-16-21-18(22-26-16)15-3-1-2-10-20-15/h1-7,10H,8-9,11-12H2. The summed E-state index contributed by atoms with van der Waals surface area (Å²) >= 11 is 5.79. The van der Waals surface area contributed by atoms with E-state index in [-0.39, 0.29) is 25.6 Å². The van der Waals surface area contributed by atoms with Gasteiger partial charge in [0.25, 0.3) is 0 Å². The van der Waals surface area contributed by atoms with E-state index in [0.29, 0.717) is 34.6 Å². The monoisotopic (exact) mass is 373 g/mol. The highest BCUT2D eigenvalue weighted by atomic mass is 35.5. The van der Waals surface area contributed by atoms with Crippen LogP contribution in [0.1, 0.15) is 12.3 Å². The number of carbonyl (C=O) groups excluding carboxylic acids is 1. The number of nitrogens with zero attached hydrogens (tertiary/aromatic N) is 3. The molecular formula is C18H16ClN3O4. The summed E-state index contributed by atoms with van der Waals surface area (Å²) in [5.74, 6) is 1.06. The summed E-state index contributed by atoms with van der Waals surface area (Å²) in [5.41, 5.74) is 0.615. The molecule has 0 saturated carbocycles. The number of aryl methyl sites for hydroxylation is 1. The third-order valence-electron chi connectivity index (χ3n) is 3.33. The van der Waals surface area contributed by atoms with E-state index < -0.39 is 0 Å². The molecule has 26 heavy (non-hydrogen) atoms. The number of pyridine rings is 1. The molecule has 7 nitrogen and oxygen atoms in total. The van der Waals surface area contributed by atoms with Gasteiger partial charge in [-0.2, -0.15) is 4.98 Å². The maximum atomic E-state index is 11.8. The molecule has 2 aromatic heterocycles. The topological polar surface area (TPSA) is 87.3 Å². The van der Waals surface area contributed by atoms with Crippen molar-refractivity contribution in [3.8, 4) is 17.3 Å². The lowest BCUT2D eigenvalue weighted by atomic mass is 10.3. The van der Waals surface area contributed by atoms with E-state index >= 15 is 0 Å². The molecule has 2 heterocycles. The van der Waals surface area contributed by atoms with Crippen molar-refractivity contribution in [2.24, 2.45) is 0 Å². The maximum Gasteiger partial charge on any atom is 0.306 e. The molecule has 0 unspecified atom stereocenters. The van der Waals surface area contributed by atoms with E-state index in [9.17, 15) is 4.79 Å². The van der Waals surface area contributed by atoms with E-state index in [0.717, 1.165) is 0 Å². The molecule has 3 rings (SSSR count). The van der Waals surface area contributed by atoms with Crippen LogP contribution in [0.15, 0.2) is 53.2 Å². The smallest absolute Gasteiger partial charge is 0.306 e. The van der Waals surface area contributed by atoms with Crippen LogP contribution in [0, 0.1) is 0 Å². The number of benzene rings is 1. The van der Waals surface area contributed by atoms with Gasteiger partial charge in [-0.25, -0.2) is 0 Å². The molecule has 0 aliphatic heterocycles. The average Bonchev–Trinajstić information content (AvgIpc) is 3.15. The summed E-state index contributed by atoms with van der Waals surface area (Å²) in [7, 11) is 0. The molecule has 0 aliphatic carbocycles. The Labute approximate surface area is 154 Å². The molecule has 0 spiro atoms. The fraction of sp³-hybridized carbons (Fsp3) is 0.222. The first-order valence-electron chi connectivity index (χ1n) is 7.99. The molecule has 134 valence electrons. The highest BCUT2D eigenvalue weighted by Gasteiger charge is 2.12. The lowest BCUT2D eigenvalue weighted by Crippen LogP contribution is -2.12. The Morgan fingerprint density at radius 1 is 1.12 bits per heavy atom. The van der Waals surface area contributed by atoms with Gasteiger partial charge in [0.1, 0.15) is 24.7 Å². The predicted octanol–water partition coefficient (Wildman–Crippen LogP) is 3.34. The van der Waals surface area contributed by atoms with Crippen molar-refractivity contribution in [1.29, 1.82) is 0 Å². The molecule has 0 N–H and O–H groups in total. The minimum Gasteiger partial charge on any atom is -0.490 e. The Hall–Kier alpha value is -2.93. The van der Waals surface area contributed by atoms with Gasteiger partial charge in [0.15, 0.2) is 0 Å². The quantitative estimate of drug-likeness (QED) is 0.442. The number of esters is 1. The van der Waals surface area contributed by atoms with Crippen LogP contribution >= 0.6 is 11.6 Å². The van der Waals surface area contributed by atoms with Gasteiger partial charge < -0.3 is 14.0 Å². The number of hydrogen-bond acceptors (Lipinski definition) is 7. The summed E-state index contributed by atoms with van der Waals surface area (Å²) in [6.07, 6.45) is 2.09. The molecular weight excluding hydrogens is 358 g/mol. The van der Waals surface area contributed by atoms with Gasteiger partial charge in [-0.15, -0.1) is 0 Å². The largest absolute Gasteiger partial charge is 0.490 e. The zero-order chi connectivity index (χ0) is 18.2. The zero-order valence-electron chi connectivity index (χ0n) is 13.8. The first kappa shape index (κ1) is 17.9. The van der Waals surface area contributed by atoms with Crippen LogP contribution in [0.5, 0.6) is 5.75 Å². The fourth-order valence-corrected chi connectivity index (χ4v) is 2.21. The fourth-order valence-electron chi connectivity index (χ4n) is 2.08. The van der Waals surface area contributed by atoms with Crippen LogP contribution in [0.25, 0.3) is 11.5 Å². The Kier molecular flexibility index (Phi) is 6.16. The van der Waals surface area contributed by atoms with Gasteiger partial charge in [-0.3, -0.25) is 9.78 Å². The van der Waals surface area contributed by atoms with Crippen LogP contribution in [-0.4, -0.2) is 34.3 Å². The van der Waals surface area contributed by atoms with Gasteiger partial charge in [0.2, 0.25) is 11.7 Å². The molecule has 0 fully saturated rings. The Bertz CT molecular complexity index is 837. The van der Waals surface area contributed by atoms with Gasteiger partial charge in [0.05, 0.1) is 6.42 Å². The summed E-state index contributed by atoms with van der Waals surface area (Å²) in [6, 6.07) is 12.4. The molecule has 8 heteroatoms. The van der Waals surface area contributed by atoms with Crippen LogP contribution < -0.4 is 4.74 Å². The van der Waals surface area contributed by atoms with Crippen molar-refractivity contribution in [3.63, 3.8) is 0 Å². The van der Waals surface area contributed by atoms with E-state index in [1.54, 1.807) is 42.6 Å². The molecule has 0 aliphatic rings. The second kappa shape index (κ2) is 8.96. The molecule has 3 aromatic rings. The van der Waals surface area contributed by atoms with E-state index in [2.05, 4.69) is 15.1 Å². The number of aromatic nitrogens is 3. The van der Waals surface area contributed by atoms with Crippen molar-refractivity contribution in [3.05, 3.63) is 59.6 Å². The van der Waals surface area contributed by atoms with Gasteiger partial charge >= 0.3 is 5.97 Å². The highest BCUT2D eigenvalue weighted by molar-refractivity contribution is 6.30. The number of ether oxygens (including phenoxy) is 2. The SMILES string of the molecule is O=C(CCc1nc(-c2ccccn2)no1)OCCOc1ccc(Cl)cc1. The summed E-state index contributed by atoms with van der Waals surface area (Å²) in [4.78, 5) is 20.1. The van der Waals surface area contributed by atoms with Crippen LogP contribution in [-0.2, 0) is 16.0 Å². The number of rotatable bonds is 8. The maximum absolute atomic E-state index is 11.8. The van der Waals surface area contributed by atoms with E-state index in [1.807, 2.05) is 6.07 Å². The summed E-state index contributed by atoms with van der Waals surface area (Å²) < 4.78 is 15.7. The minimum atomic E-state index is -0.359. The number of hydrogen-bond donors (Lipinski definition) is 0. The lowest BCUT2D eigenvalue weighted by molar-refractivity contribution is -0.144. The summed E-state index contributed by atoms with van der Waals surface area (Å²) in [5, 5.41) is 4.48. The Balaban J connectivity index is 1.36. The predicted molar refractivity (Wildman–Crippen MR) is 93.8 cm³/mol. The van der Waals surface area contributed by atoms with Gasteiger partial charge in [-0.05, 0) is 36.4 Å². The van der Waals surface area contributed by atoms with Gasteiger partial charge in [-0.1, -0.05) is 22.8 Å². The second-order valence-electron chi connectivity index (χ2n) is 5.25. The molecule has 0 radical (unpaired) electrons. The van der Waals surface area contributed by atoms with Crippen LogP contribution in [0.2, 0.25) is 5.02 Å². The van der Waals surface area contributed by atoms with Crippen molar-refractivity contribution < 1.29 is 18.8 Å². The van der Waals surface area contributed by atoms with E-state index in [1.165, 1.54) is 0 Å². The third-order valence-corrected chi connectivity index (χ3v) is 3.59. The zero-order valence-corrected chi connectivity index (χ0v) is 14.6. The Morgan fingerprint density at radius 3 is 2.73 bits per heavy atom. The van der Waals surface area contributed by atoms with Crippen molar-refractivity contribution in [2.75, 3.05) is 13.2 Å². The molecule has 0 amide bonds. The molecule has 1 aromatic carbocycles. The second-order valence-corrected chi connectivity index (χ2v) is 5.69. The molecule has 0 atom stereocenters. The third kappa shape index (κ3) is 5.29. The molecule has 0 saturated heterocycles. The number of carbonyl (C=O) groups is 1. The minimum absolute atomic E-state index is 0.144. The average molecular weight is 374 g/mol. The number of halogens is 1. The lowest BCUT2D eigenvalue weighted by Gasteiger charge is -2.07. The first-order chi connectivity index (χ1) is 12.7. The normalized spacial score (nSPS) is 10.5.